The number of nitrogens with zero attached hydrogens (tertiary/aromatic N) is 1. The Morgan fingerprint density at radius 1 is 1.54 bits per heavy atom. The molecule has 1 heterocycles. The van der Waals surface area contributed by atoms with Crippen molar-refractivity contribution in [1.82, 2.24) is 4.98 Å². The minimum Gasteiger partial charge on any atom is -0.298 e. The van der Waals surface area contributed by atoms with Gasteiger partial charge in [0.2, 0.25) is 0 Å². The topological polar surface area (TPSA) is 30.0 Å². The Labute approximate surface area is 85.3 Å². The fourth-order valence-corrected chi connectivity index (χ4v) is 1.21. The van der Waals surface area contributed by atoms with Crippen molar-refractivity contribution in [2.45, 2.75) is 6.43 Å². The van der Waals surface area contributed by atoms with Gasteiger partial charge in [0.25, 0.3) is 6.43 Å². The lowest BCUT2D eigenvalue weighted by molar-refractivity contribution is 0.109. The van der Waals surface area contributed by atoms with Gasteiger partial charge in [-0.1, -0.05) is 0 Å². The van der Waals surface area contributed by atoms with Crippen LogP contribution in [0.1, 0.15) is 22.5 Å². The molecule has 0 aliphatic rings. The minimum absolute atomic E-state index is 0.0455. The van der Waals surface area contributed by atoms with E-state index in [1.54, 1.807) is 22.6 Å². The summed E-state index contributed by atoms with van der Waals surface area (Å²) in [6, 6.07) is 0. The summed E-state index contributed by atoms with van der Waals surface area (Å²) in [6.45, 7) is 0. The van der Waals surface area contributed by atoms with E-state index in [1.807, 2.05) is 0 Å². The number of carbonyl (C=O) groups excluding carboxylic acids is 1. The first-order valence-electron chi connectivity index (χ1n) is 3.15. The molecule has 0 radical (unpaired) electrons. The molecule has 0 bridgehead atoms. The van der Waals surface area contributed by atoms with E-state index in [2.05, 4.69) is 4.98 Å². The van der Waals surface area contributed by atoms with Gasteiger partial charge in [-0.3, -0.25) is 9.78 Å². The number of aldehydes is 1. The molecule has 0 atom stereocenters. The van der Waals surface area contributed by atoms with Crippen LogP contribution in [0.2, 0.25) is 0 Å². The Morgan fingerprint density at radius 2 is 2.15 bits per heavy atom. The second kappa shape index (κ2) is 4.03. The molecule has 0 saturated carbocycles. The van der Waals surface area contributed by atoms with Gasteiger partial charge >= 0.3 is 0 Å². The molecule has 0 saturated heterocycles. The van der Waals surface area contributed by atoms with E-state index >= 15 is 0 Å². The Kier molecular flexibility index (Phi) is 3.23. The van der Waals surface area contributed by atoms with Crippen molar-refractivity contribution in [3.05, 3.63) is 26.8 Å². The van der Waals surface area contributed by atoms with E-state index in [4.69, 9.17) is 0 Å². The van der Waals surface area contributed by atoms with Gasteiger partial charge in [0, 0.05) is 6.20 Å². The molecule has 6 heteroatoms. The normalized spacial score (nSPS) is 10.5. The minimum atomic E-state index is -2.94. The van der Waals surface area contributed by atoms with Crippen LogP contribution in [-0.2, 0) is 0 Å². The Morgan fingerprint density at radius 3 is 2.62 bits per heavy atom. The SMILES string of the molecule is O=Cc1c(C(F)F)ncc(I)c1F. The van der Waals surface area contributed by atoms with Crippen LogP contribution in [0, 0.1) is 9.39 Å². The van der Waals surface area contributed by atoms with Crippen LogP contribution in [0.15, 0.2) is 6.20 Å². The summed E-state index contributed by atoms with van der Waals surface area (Å²) in [5, 5.41) is 0. The lowest BCUT2D eigenvalue weighted by Crippen LogP contribution is -2.02. The molecule has 0 amide bonds. The van der Waals surface area contributed by atoms with Crippen LogP contribution >= 0.6 is 22.6 Å². The van der Waals surface area contributed by atoms with E-state index < -0.39 is 23.5 Å². The first kappa shape index (κ1) is 10.4. The van der Waals surface area contributed by atoms with E-state index in [0.29, 0.717) is 0 Å². The molecular weight excluding hydrogens is 298 g/mol. The fourth-order valence-electron chi connectivity index (χ4n) is 0.780. The molecule has 0 aliphatic carbocycles. The van der Waals surface area contributed by atoms with Gasteiger partial charge < -0.3 is 0 Å². The van der Waals surface area contributed by atoms with Crippen LogP contribution in [-0.4, -0.2) is 11.3 Å². The fraction of sp³-hybridized carbons (Fsp3) is 0.143. The lowest BCUT2D eigenvalue weighted by Gasteiger charge is -2.03. The molecule has 1 aromatic rings. The highest BCUT2D eigenvalue weighted by atomic mass is 127. The van der Waals surface area contributed by atoms with E-state index in [-0.39, 0.29) is 9.86 Å². The number of aromatic nitrogens is 1. The van der Waals surface area contributed by atoms with Crippen molar-refractivity contribution in [2.75, 3.05) is 0 Å². The number of carbonyl (C=O) groups is 1. The van der Waals surface area contributed by atoms with Crippen LogP contribution < -0.4 is 0 Å². The zero-order valence-corrected chi connectivity index (χ0v) is 8.26. The molecule has 0 spiro atoms. The molecular formula is C7H3F3INO. The molecule has 13 heavy (non-hydrogen) atoms. The summed E-state index contributed by atoms with van der Waals surface area (Å²) in [5.41, 5.74) is -1.48. The predicted octanol–water partition coefficient (Wildman–Crippen LogP) is 2.58. The van der Waals surface area contributed by atoms with Gasteiger partial charge in [0.15, 0.2) is 12.1 Å². The van der Waals surface area contributed by atoms with Crippen molar-refractivity contribution in [1.29, 1.82) is 0 Å². The summed E-state index contributed by atoms with van der Waals surface area (Å²) < 4.78 is 37.3. The Hall–Kier alpha value is -0.660. The summed E-state index contributed by atoms with van der Waals surface area (Å²) in [4.78, 5) is 13.6. The summed E-state index contributed by atoms with van der Waals surface area (Å²) in [7, 11) is 0. The zero-order valence-electron chi connectivity index (χ0n) is 6.10. The number of alkyl halides is 2. The van der Waals surface area contributed by atoms with Crippen molar-refractivity contribution >= 4 is 28.9 Å². The van der Waals surface area contributed by atoms with Gasteiger partial charge in [0.1, 0.15) is 5.69 Å². The molecule has 70 valence electrons. The lowest BCUT2D eigenvalue weighted by atomic mass is 10.2. The van der Waals surface area contributed by atoms with Gasteiger partial charge in [-0.05, 0) is 22.6 Å². The van der Waals surface area contributed by atoms with E-state index in [1.165, 1.54) is 0 Å². The van der Waals surface area contributed by atoms with Gasteiger partial charge in [0.05, 0.1) is 9.13 Å². The molecule has 0 aliphatic heterocycles. The highest BCUT2D eigenvalue weighted by molar-refractivity contribution is 14.1. The van der Waals surface area contributed by atoms with Gasteiger partial charge in [-0.25, -0.2) is 13.2 Å². The van der Waals surface area contributed by atoms with Crippen molar-refractivity contribution in [3.8, 4) is 0 Å². The maximum absolute atomic E-state index is 13.0. The van der Waals surface area contributed by atoms with Crippen LogP contribution in [0.4, 0.5) is 13.2 Å². The number of hydrogen-bond acceptors (Lipinski definition) is 2. The second-order valence-electron chi connectivity index (χ2n) is 2.14. The monoisotopic (exact) mass is 301 g/mol. The third kappa shape index (κ3) is 1.98. The van der Waals surface area contributed by atoms with Gasteiger partial charge in [-0.15, -0.1) is 0 Å². The van der Waals surface area contributed by atoms with Crippen molar-refractivity contribution in [3.63, 3.8) is 0 Å². The first-order valence-corrected chi connectivity index (χ1v) is 4.23. The van der Waals surface area contributed by atoms with Crippen molar-refractivity contribution in [2.24, 2.45) is 0 Å². The van der Waals surface area contributed by atoms with E-state index in [9.17, 15) is 18.0 Å². The molecule has 0 aromatic carbocycles. The average molecular weight is 301 g/mol. The molecule has 0 fully saturated rings. The molecule has 1 rings (SSSR count). The zero-order chi connectivity index (χ0) is 10.0. The molecule has 0 unspecified atom stereocenters. The molecule has 0 N–H and O–H groups in total. The first-order chi connectivity index (χ1) is 6.07. The third-order valence-corrected chi connectivity index (χ3v) is 2.12. The predicted molar refractivity (Wildman–Crippen MR) is 47.3 cm³/mol. The van der Waals surface area contributed by atoms with Crippen LogP contribution in [0.3, 0.4) is 0 Å². The summed E-state index contributed by atoms with van der Waals surface area (Å²) in [5.74, 6) is -0.944. The highest BCUT2D eigenvalue weighted by Gasteiger charge is 2.19. The smallest absolute Gasteiger partial charge is 0.281 e. The number of pyridine rings is 1. The van der Waals surface area contributed by atoms with Crippen LogP contribution in [0.25, 0.3) is 0 Å². The summed E-state index contributed by atoms with van der Waals surface area (Å²) >= 11 is 1.57. The van der Waals surface area contributed by atoms with Crippen LogP contribution in [0.5, 0.6) is 0 Å². The van der Waals surface area contributed by atoms with Crippen molar-refractivity contribution < 1.29 is 18.0 Å². The standard InChI is InChI=1S/C7H3F3INO/c8-5-3(2-13)6(7(9)10)12-1-4(5)11/h1-2,7H. The maximum atomic E-state index is 13.0. The number of halogens is 4. The average Bonchev–Trinajstić information content (AvgIpc) is 2.09. The highest BCUT2D eigenvalue weighted by Crippen LogP contribution is 2.23. The maximum Gasteiger partial charge on any atom is 0.281 e. The Bertz CT molecular complexity index is 343. The quantitative estimate of drug-likeness (QED) is 0.621. The summed E-state index contributed by atoms with van der Waals surface area (Å²) in [6.07, 6.45) is -1.93. The number of hydrogen-bond donors (Lipinski definition) is 0. The molecule has 1 aromatic heterocycles. The number of rotatable bonds is 2. The largest absolute Gasteiger partial charge is 0.298 e. The third-order valence-electron chi connectivity index (χ3n) is 1.36. The van der Waals surface area contributed by atoms with E-state index in [0.717, 1.165) is 6.20 Å². The Balaban J connectivity index is 3.38. The van der Waals surface area contributed by atoms with Gasteiger partial charge in [-0.2, -0.15) is 0 Å². The molecule has 2 nitrogen and oxygen atoms in total. The second-order valence-corrected chi connectivity index (χ2v) is 3.30.